The average molecular weight is 338 g/mol. The third kappa shape index (κ3) is 3.55. The van der Waals surface area contributed by atoms with Crippen LogP contribution in [0, 0.1) is 6.92 Å². The average Bonchev–Trinajstić information content (AvgIpc) is 2.69. The monoisotopic (exact) mass is 337 g/mol. The number of aromatic nitrogens is 2. The summed E-state index contributed by atoms with van der Waals surface area (Å²) >= 11 is 3.30. The first kappa shape index (κ1) is 15.7. The molecule has 0 aromatic carbocycles. The first-order chi connectivity index (χ1) is 8.43. The molecule has 0 atom stereocenters. The summed E-state index contributed by atoms with van der Waals surface area (Å²) in [7, 11) is -1.86. The number of alkyl halides is 1. The van der Waals surface area contributed by atoms with Crippen LogP contribution in [0.25, 0.3) is 0 Å². The Balaban J connectivity index is 2.94. The van der Waals surface area contributed by atoms with Crippen LogP contribution in [0.3, 0.4) is 0 Å². The number of aryl methyl sites for hydroxylation is 2. The van der Waals surface area contributed by atoms with Gasteiger partial charge in [0.1, 0.15) is 5.82 Å². The molecule has 0 bridgehead atoms. The molecule has 1 aromatic rings. The zero-order chi connectivity index (χ0) is 13.8. The second-order valence-corrected chi connectivity index (χ2v) is 6.97. The zero-order valence-electron chi connectivity index (χ0n) is 11.1. The summed E-state index contributed by atoms with van der Waals surface area (Å²) in [6, 6.07) is 0. The van der Waals surface area contributed by atoms with Crippen LogP contribution in [0.5, 0.6) is 0 Å². The number of nitrogens with zero attached hydrogens (tertiary/aromatic N) is 3. The first-order valence-electron chi connectivity index (χ1n) is 5.99. The number of rotatable bonds is 7. The quantitative estimate of drug-likeness (QED) is 0.715. The fourth-order valence-electron chi connectivity index (χ4n) is 1.63. The van der Waals surface area contributed by atoms with Gasteiger partial charge in [-0.3, -0.25) is 0 Å². The van der Waals surface area contributed by atoms with Crippen LogP contribution in [-0.4, -0.2) is 41.2 Å². The summed E-state index contributed by atoms with van der Waals surface area (Å²) in [6.45, 7) is 5.16. The summed E-state index contributed by atoms with van der Waals surface area (Å²) in [5, 5.41) is 0.932. The zero-order valence-corrected chi connectivity index (χ0v) is 13.5. The van der Waals surface area contributed by atoms with Gasteiger partial charge in [-0.05, 0) is 19.8 Å². The van der Waals surface area contributed by atoms with E-state index in [2.05, 4.69) is 27.8 Å². The van der Waals surface area contributed by atoms with Crippen LogP contribution in [0.2, 0.25) is 0 Å². The molecule has 7 heteroatoms. The van der Waals surface area contributed by atoms with E-state index >= 15 is 0 Å². The van der Waals surface area contributed by atoms with E-state index in [4.69, 9.17) is 0 Å². The first-order valence-corrected chi connectivity index (χ1v) is 8.55. The van der Waals surface area contributed by atoms with Crippen molar-refractivity contribution in [3.63, 3.8) is 0 Å². The van der Waals surface area contributed by atoms with Crippen molar-refractivity contribution in [2.75, 3.05) is 18.9 Å². The van der Waals surface area contributed by atoms with Gasteiger partial charge in [-0.2, -0.15) is 4.31 Å². The van der Waals surface area contributed by atoms with E-state index in [1.807, 2.05) is 11.5 Å². The van der Waals surface area contributed by atoms with Crippen molar-refractivity contribution < 1.29 is 8.42 Å². The molecule has 0 aliphatic rings. The van der Waals surface area contributed by atoms with Gasteiger partial charge in [-0.15, -0.1) is 0 Å². The molecule has 1 rings (SSSR count). The lowest BCUT2D eigenvalue weighted by atomic mass is 10.5. The molecule has 0 saturated carbocycles. The third-order valence-corrected chi connectivity index (χ3v) is 4.99. The topological polar surface area (TPSA) is 55.2 Å². The van der Waals surface area contributed by atoms with Crippen molar-refractivity contribution in [3.05, 3.63) is 12.0 Å². The maximum atomic E-state index is 12.2. The largest absolute Gasteiger partial charge is 0.334 e. The highest BCUT2D eigenvalue weighted by Crippen LogP contribution is 2.14. The molecule has 0 amide bonds. The minimum atomic E-state index is -3.45. The summed E-state index contributed by atoms with van der Waals surface area (Å²) in [5.41, 5.74) is 0. The molecule has 0 aliphatic carbocycles. The lowest BCUT2D eigenvalue weighted by Gasteiger charge is -2.14. The molecule has 5 nitrogen and oxygen atoms in total. The van der Waals surface area contributed by atoms with Gasteiger partial charge in [0.05, 0.1) is 0 Å². The molecule has 1 heterocycles. The van der Waals surface area contributed by atoms with E-state index < -0.39 is 10.0 Å². The molecule has 104 valence electrons. The lowest BCUT2D eigenvalue weighted by Crippen LogP contribution is -2.28. The van der Waals surface area contributed by atoms with Gasteiger partial charge in [-0.25, -0.2) is 13.4 Å². The van der Waals surface area contributed by atoms with Gasteiger partial charge in [0, 0.05) is 31.7 Å². The number of imidazole rings is 1. The van der Waals surface area contributed by atoms with Crippen molar-refractivity contribution in [2.24, 2.45) is 0 Å². The summed E-state index contributed by atoms with van der Waals surface area (Å²) in [6.07, 6.45) is 3.36. The summed E-state index contributed by atoms with van der Waals surface area (Å²) < 4.78 is 27.7. The predicted octanol–water partition coefficient (Wildman–Crippen LogP) is 2.01. The highest BCUT2D eigenvalue weighted by Gasteiger charge is 2.23. The van der Waals surface area contributed by atoms with Crippen molar-refractivity contribution >= 4 is 26.0 Å². The highest BCUT2D eigenvalue weighted by molar-refractivity contribution is 9.09. The molecule has 0 spiro atoms. The fourth-order valence-corrected chi connectivity index (χ4v) is 3.08. The van der Waals surface area contributed by atoms with Gasteiger partial charge in [0.25, 0.3) is 10.0 Å². The second-order valence-electron chi connectivity index (χ2n) is 4.19. The number of hydrogen-bond acceptors (Lipinski definition) is 3. The summed E-state index contributed by atoms with van der Waals surface area (Å²) in [5.74, 6) is 0.740. The molecular formula is C11H20BrN3O2S. The smallest absolute Gasteiger partial charge is 0.261 e. The molecule has 0 fully saturated rings. The minimum Gasteiger partial charge on any atom is -0.334 e. The Morgan fingerprint density at radius 1 is 1.50 bits per heavy atom. The van der Waals surface area contributed by atoms with Gasteiger partial charge in [-0.1, -0.05) is 22.9 Å². The minimum absolute atomic E-state index is 0.144. The van der Waals surface area contributed by atoms with Crippen molar-refractivity contribution in [1.82, 2.24) is 13.9 Å². The van der Waals surface area contributed by atoms with Crippen molar-refractivity contribution in [2.45, 2.75) is 38.3 Å². The Morgan fingerprint density at radius 3 is 2.72 bits per heavy atom. The maximum absolute atomic E-state index is 12.2. The standard InChI is InChI=1S/C11H20BrN3O2S/c1-4-7-15-9-11(13-10(15)2)18(16,17)14(3)8-5-6-12/h9H,4-8H2,1-3H3. The molecule has 0 radical (unpaired) electrons. The normalized spacial score (nSPS) is 12.3. The van der Waals surface area contributed by atoms with Crippen molar-refractivity contribution in [3.8, 4) is 0 Å². The fraction of sp³-hybridized carbons (Fsp3) is 0.727. The molecule has 0 unspecified atom stereocenters. The van der Waals surface area contributed by atoms with Gasteiger partial charge in [0.15, 0.2) is 5.03 Å². The predicted molar refractivity (Wildman–Crippen MR) is 75.5 cm³/mol. The Labute approximate surface area is 117 Å². The Kier molecular flexibility index (Phi) is 5.81. The lowest BCUT2D eigenvalue weighted by molar-refractivity contribution is 0.467. The Bertz CT molecular complexity index is 484. The van der Waals surface area contributed by atoms with Crippen LogP contribution >= 0.6 is 15.9 Å². The molecule has 0 saturated heterocycles. The third-order valence-electron chi connectivity index (χ3n) is 2.70. The van der Waals surface area contributed by atoms with Crippen LogP contribution in [-0.2, 0) is 16.6 Å². The van der Waals surface area contributed by atoms with E-state index in [0.717, 1.165) is 30.5 Å². The van der Waals surface area contributed by atoms with E-state index in [1.165, 1.54) is 4.31 Å². The molecule has 0 aliphatic heterocycles. The van der Waals surface area contributed by atoms with Gasteiger partial charge in [0.2, 0.25) is 0 Å². The Morgan fingerprint density at radius 2 is 2.17 bits per heavy atom. The number of halogens is 1. The van der Waals surface area contributed by atoms with Gasteiger partial charge >= 0.3 is 0 Å². The SMILES string of the molecule is CCCn1cc(S(=O)(=O)N(C)CCCBr)nc1C. The van der Waals surface area contributed by atoms with Crippen LogP contribution in [0.4, 0.5) is 0 Å². The van der Waals surface area contributed by atoms with Crippen LogP contribution in [0.1, 0.15) is 25.6 Å². The summed E-state index contributed by atoms with van der Waals surface area (Å²) in [4.78, 5) is 4.15. The van der Waals surface area contributed by atoms with E-state index in [1.54, 1.807) is 13.2 Å². The second kappa shape index (κ2) is 6.68. The molecule has 0 N–H and O–H groups in total. The highest BCUT2D eigenvalue weighted by atomic mass is 79.9. The number of sulfonamides is 1. The van der Waals surface area contributed by atoms with E-state index in [-0.39, 0.29) is 5.03 Å². The van der Waals surface area contributed by atoms with Crippen LogP contribution in [0.15, 0.2) is 11.2 Å². The van der Waals surface area contributed by atoms with Crippen molar-refractivity contribution in [1.29, 1.82) is 0 Å². The van der Waals surface area contributed by atoms with Gasteiger partial charge < -0.3 is 4.57 Å². The number of hydrogen-bond donors (Lipinski definition) is 0. The van der Waals surface area contributed by atoms with E-state index in [9.17, 15) is 8.42 Å². The Hall–Kier alpha value is -0.400. The maximum Gasteiger partial charge on any atom is 0.261 e. The molecule has 18 heavy (non-hydrogen) atoms. The van der Waals surface area contributed by atoms with Crippen LogP contribution < -0.4 is 0 Å². The molecule has 1 aromatic heterocycles. The van der Waals surface area contributed by atoms with E-state index in [0.29, 0.717) is 6.54 Å². The molecular weight excluding hydrogens is 318 g/mol.